The van der Waals surface area contributed by atoms with Gasteiger partial charge in [-0.15, -0.1) is 0 Å². The smallest absolute Gasteiger partial charge is 0.410 e. The Morgan fingerprint density at radius 1 is 1.62 bits per heavy atom. The highest BCUT2D eigenvalue weighted by Gasteiger charge is 2.31. The van der Waals surface area contributed by atoms with E-state index in [4.69, 9.17) is 4.74 Å². The minimum atomic E-state index is -0.560. The van der Waals surface area contributed by atoms with E-state index < -0.39 is 5.60 Å². The number of carbonyl (C=O) groups is 1. The minimum Gasteiger partial charge on any atom is -0.439 e. The van der Waals surface area contributed by atoms with Crippen molar-refractivity contribution in [1.82, 2.24) is 4.90 Å². The van der Waals surface area contributed by atoms with Crippen molar-refractivity contribution in [1.29, 1.82) is 0 Å². The van der Waals surface area contributed by atoms with Gasteiger partial charge in [0.05, 0.1) is 0 Å². The van der Waals surface area contributed by atoms with Crippen LogP contribution in [-0.2, 0) is 4.74 Å². The fraction of sp³-hybridized carbons (Fsp3) is 0.700. The molecule has 0 unspecified atom stereocenters. The Kier molecular flexibility index (Phi) is 2.64. The third kappa shape index (κ3) is 2.47. The largest absolute Gasteiger partial charge is 0.439 e. The van der Waals surface area contributed by atoms with Gasteiger partial charge in [0.1, 0.15) is 5.60 Å². The van der Waals surface area contributed by atoms with E-state index in [1.165, 1.54) is 0 Å². The van der Waals surface area contributed by atoms with Gasteiger partial charge in [0.15, 0.2) is 0 Å². The summed E-state index contributed by atoms with van der Waals surface area (Å²) in [5, 5.41) is 0. The van der Waals surface area contributed by atoms with Crippen molar-refractivity contribution in [2.75, 3.05) is 13.1 Å². The Bertz CT molecular complexity index is 217. The lowest BCUT2D eigenvalue weighted by Gasteiger charge is -2.38. The highest BCUT2D eigenvalue weighted by Crippen LogP contribution is 2.19. The third-order valence-electron chi connectivity index (χ3n) is 2.16. The maximum Gasteiger partial charge on any atom is 0.410 e. The van der Waals surface area contributed by atoms with E-state index in [-0.39, 0.29) is 6.09 Å². The first kappa shape index (κ1) is 10.1. The Hall–Kier alpha value is -0.990. The summed E-state index contributed by atoms with van der Waals surface area (Å²) >= 11 is 0. The lowest BCUT2D eigenvalue weighted by Crippen LogP contribution is -2.50. The maximum atomic E-state index is 11.4. The van der Waals surface area contributed by atoms with Gasteiger partial charge in [0, 0.05) is 13.1 Å². The van der Waals surface area contributed by atoms with Gasteiger partial charge in [-0.25, -0.2) is 4.79 Å². The van der Waals surface area contributed by atoms with Crippen LogP contribution in [0.2, 0.25) is 0 Å². The molecule has 1 fully saturated rings. The molecule has 1 aliphatic rings. The zero-order chi connectivity index (χ0) is 10.1. The number of nitrogens with zero attached hydrogens (tertiary/aromatic N) is 1. The summed E-state index contributed by atoms with van der Waals surface area (Å²) in [5.41, 5.74) is -0.560. The Balaban J connectivity index is 2.38. The molecular weight excluding hydrogens is 166 g/mol. The Labute approximate surface area is 79.4 Å². The Morgan fingerprint density at radius 3 is 2.54 bits per heavy atom. The van der Waals surface area contributed by atoms with Crippen molar-refractivity contribution in [3.8, 4) is 0 Å². The van der Waals surface area contributed by atoms with Crippen LogP contribution in [-0.4, -0.2) is 29.7 Å². The van der Waals surface area contributed by atoms with E-state index in [0.29, 0.717) is 5.92 Å². The molecule has 1 rings (SSSR count). The van der Waals surface area contributed by atoms with Crippen LogP contribution in [0.25, 0.3) is 0 Å². The summed E-state index contributed by atoms with van der Waals surface area (Å²) in [5.74, 6) is 0.611. The zero-order valence-electron chi connectivity index (χ0n) is 8.54. The zero-order valence-corrected chi connectivity index (χ0v) is 8.54. The minimum absolute atomic E-state index is 0.233. The van der Waals surface area contributed by atoms with E-state index in [1.54, 1.807) is 11.0 Å². The normalized spacial score (nSPS) is 17.9. The average molecular weight is 183 g/mol. The molecule has 0 N–H and O–H groups in total. The summed E-state index contributed by atoms with van der Waals surface area (Å²) in [6.45, 7) is 11.0. The molecule has 3 nitrogen and oxygen atoms in total. The van der Waals surface area contributed by atoms with Crippen LogP contribution >= 0.6 is 0 Å². The molecule has 1 heterocycles. The summed E-state index contributed by atoms with van der Waals surface area (Å²) < 4.78 is 5.21. The molecule has 1 saturated heterocycles. The second-order valence-electron chi connectivity index (χ2n) is 4.19. The van der Waals surface area contributed by atoms with E-state index in [2.05, 4.69) is 13.5 Å². The molecule has 0 aliphatic carbocycles. The van der Waals surface area contributed by atoms with Crippen molar-refractivity contribution < 1.29 is 9.53 Å². The number of rotatable bonds is 2. The van der Waals surface area contributed by atoms with Gasteiger partial charge in [0.2, 0.25) is 0 Å². The van der Waals surface area contributed by atoms with Gasteiger partial charge >= 0.3 is 6.09 Å². The van der Waals surface area contributed by atoms with Crippen molar-refractivity contribution in [2.45, 2.75) is 26.4 Å². The molecule has 0 radical (unpaired) electrons. The lowest BCUT2D eigenvalue weighted by molar-refractivity contribution is 0.0142. The number of ether oxygens (including phenoxy) is 1. The molecule has 0 aromatic rings. The first-order valence-electron chi connectivity index (χ1n) is 4.56. The fourth-order valence-electron chi connectivity index (χ4n) is 1.18. The van der Waals surface area contributed by atoms with E-state index >= 15 is 0 Å². The molecule has 0 spiro atoms. The number of likely N-dealkylation sites (tertiary alicyclic amines) is 1. The van der Waals surface area contributed by atoms with E-state index in [0.717, 1.165) is 13.1 Å². The number of hydrogen-bond acceptors (Lipinski definition) is 2. The third-order valence-corrected chi connectivity index (χ3v) is 2.16. The van der Waals surface area contributed by atoms with Crippen molar-refractivity contribution in [3.05, 3.63) is 12.7 Å². The standard InChI is InChI=1S/C10H17NO2/c1-5-10(3,4)13-9(12)11-6-8(2)7-11/h5,8H,1,6-7H2,2-4H3. The van der Waals surface area contributed by atoms with Gasteiger partial charge in [-0.05, 0) is 25.8 Å². The molecule has 0 aromatic heterocycles. The van der Waals surface area contributed by atoms with E-state index in [9.17, 15) is 4.79 Å². The summed E-state index contributed by atoms with van der Waals surface area (Å²) in [7, 11) is 0. The SMILES string of the molecule is C=CC(C)(C)OC(=O)N1CC(C)C1. The van der Waals surface area contributed by atoms with Gasteiger partial charge in [-0.1, -0.05) is 13.5 Å². The summed E-state index contributed by atoms with van der Waals surface area (Å²) in [4.78, 5) is 13.1. The van der Waals surface area contributed by atoms with Crippen LogP contribution in [0, 0.1) is 5.92 Å². The van der Waals surface area contributed by atoms with Crippen LogP contribution in [0.3, 0.4) is 0 Å². The van der Waals surface area contributed by atoms with Crippen LogP contribution in [0.4, 0.5) is 4.79 Å². The second-order valence-corrected chi connectivity index (χ2v) is 4.19. The van der Waals surface area contributed by atoms with Crippen molar-refractivity contribution in [3.63, 3.8) is 0 Å². The molecule has 13 heavy (non-hydrogen) atoms. The molecule has 0 atom stereocenters. The number of carbonyl (C=O) groups excluding carboxylic acids is 1. The van der Waals surface area contributed by atoms with Crippen molar-refractivity contribution in [2.24, 2.45) is 5.92 Å². The molecular formula is C10H17NO2. The van der Waals surface area contributed by atoms with Gasteiger partial charge in [0.25, 0.3) is 0 Å². The average Bonchev–Trinajstić information content (AvgIpc) is 1.98. The number of hydrogen-bond donors (Lipinski definition) is 0. The first-order chi connectivity index (χ1) is 5.94. The van der Waals surface area contributed by atoms with Crippen molar-refractivity contribution >= 4 is 6.09 Å². The highest BCUT2D eigenvalue weighted by atomic mass is 16.6. The predicted octanol–water partition coefficient (Wildman–Crippen LogP) is 2.04. The molecule has 1 aliphatic heterocycles. The van der Waals surface area contributed by atoms with Crippen LogP contribution in [0.1, 0.15) is 20.8 Å². The molecule has 1 amide bonds. The van der Waals surface area contributed by atoms with Crippen LogP contribution in [0.5, 0.6) is 0 Å². The van der Waals surface area contributed by atoms with Crippen LogP contribution in [0.15, 0.2) is 12.7 Å². The number of amides is 1. The highest BCUT2D eigenvalue weighted by molar-refractivity contribution is 5.69. The first-order valence-corrected chi connectivity index (χ1v) is 4.56. The molecule has 0 saturated carbocycles. The predicted molar refractivity (Wildman–Crippen MR) is 51.5 cm³/mol. The van der Waals surface area contributed by atoms with Crippen LogP contribution < -0.4 is 0 Å². The van der Waals surface area contributed by atoms with Gasteiger partial charge in [-0.2, -0.15) is 0 Å². The molecule has 74 valence electrons. The maximum absolute atomic E-state index is 11.4. The Morgan fingerprint density at radius 2 is 2.15 bits per heavy atom. The fourth-order valence-corrected chi connectivity index (χ4v) is 1.18. The molecule has 3 heteroatoms. The quantitative estimate of drug-likeness (QED) is 0.613. The summed E-state index contributed by atoms with van der Waals surface area (Å²) in [6.07, 6.45) is 1.40. The lowest BCUT2D eigenvalue weighted by atomic mass is 10.0. The monoisotopic (exact) mass is 183 g/mol. The molecule has 0 bridgehead atoms. The van der Waals surface area contributed by atoms with Gasteiger partial charge < -0.3 is 9.64 Å². The second kappa shape index (κ2) is 3.40. The topological polar surface area (TPSA) is 29.5 Å². The van der Waals surface area contributed by atoms with Gasteiger partial charge in [-0.3, -0.25) is 0 Å². The van der Waals surface area contributed by atoms with E-state index in [1.807, 2.05) is 13.8 Å². The summed E-state index contributed by atoms with van der Waals surface area (Å²) in [6, 6.07) is 0. The molecule has 0 aromatic carbocycles.